The lowest BCUT2D eigenvalue weighted by Crippen LogP contribution is -2.20. The number of nitrogens with one attached hydrogen (secondary N) is 1. The first-order valence-corrected chi connectivity index (χ1v) is 4.98. The van der Waals surface area contributed by atoms with Gasteiger partial charge in [-0.25, -0.2) is 4.98 Å². The number of nitrogens with zero attached hydrogens (tertiary/aromatic N) is 2. The largest absolute Gasteiger partial charge is 0.377 e. The maximum absolute atomic E-state index is 8.83. The fraction of sp³-hybridized carbons (Fsp3) is 0.455. The fourth-order valence-electron chi connectivity index (χ4n) is 1.22. The van der Waals surface area contributed by atoms with Gasteiger partial charge in [0.05, 0.1) is 11.7 Å². The fourth-order valence-corrected chi connectivity index (χ4v) is 1.22. The molecule has 0 aromatic carbocycles. The molecule has 1 N–H and O–H groups in total. The highest BCUT2D eigenvalue weighted by atomic mass is 16.5. The van der Waals surface area contributed by atoms with Crippen molar-refractivity contribution in [2.75, 3.05) is 18.5 Å². The molecule has 0 fully saturated rings. The Labute approximate surface area is 89.9 Å². The van der Waals surface area contributed by atoms with Crippen LogP contribution in [0.3, 0.4) is 0 Å². The van der Waals surface area contributed by atoms with Crippen LogP contribution in [0, 0.1) is 11.3 Å². The van der Waals surface area contributed by atoms with E-state index in [-0.39, 0.29) is 6.10 Å². The van der Waals surface area contributed by atoms with E-state index in [9.17, 15) is 0 Å². The molecule has 0 radical (unpaired) electrons. The summed E-state index contributed by atoms with van der Waals surface area (Å²) < 4.78 is 5.36. The summed E-state index contributed by atoms with van der Waals surface area (Å²) in [6.07, 6.45) is 1.78. The van der Waals surface area contributed by atoms with E-state index >= 15 is 0 Å². The Bertz CT molecular complexity index is 346. The minimum Gasteiger partial charge on any atom is -0.377 e. The Morgan fingerprint density at radius 1 is 1.67 bits per heavy atom. The lowest BCUT2D eigenvalue weighted by Gasteiger charge is -2.13. The molecule has 0 aliphatic heterocycles. The van der Waals surface area contributed by atoms with Crippen LogP contribution in [0.25, 0.3) is 0 Å². The van der Waals surface area contributed by atoms with Gasteiger partial charge in [0.15, 0.2) is 0 Å². The molecule has 15 heavy (non-hydrogen) atoms. The molecule has 0 bridgehead atoms. The molecule has 1 heterocycles. The van der Waals surface area contributed by atoms with Gasteiger partial charge >= 0.3 is 0 Å². The van der Waals surface area contributed by atoms with Crippen molar-refractivity contribution in [3.8, 4) is 6.07 Å². The molecule has 80 valence electrons. The summed E-state index contributed by atoms with van der Waals surface area (Å²) in [5.74, 6) is 0.617. The lowest BCUT2D eigenvalue weighted by atomic mass is 10.3. The normalized spacial score (nSPS) is 11.8. The summed E-state index contributed by atoms with van der Waals surface area (Å²) in [5.41, 5.74) is 0.557. The van der Waals surface area contributed by atoms with Crippen molar-refractivity contribution in [1.82, 2.24) is 4.98 Å². The Hall–Kier alpha value is -1.60. The molecule has 0 saturated heterocycles. The topological polar surface area (TPSA) is 57.9 Å². The SMILES string of the molecule is CCOC(C)CNc1ncccc1C#N. The van der Waals surface area contributed by atoms with E-state index in [2.05, 4.69) is 16.4 Å². The third kappa shape index (κ3) is 3.56. The third-order valence-corrected chi connectivity index (χ3v) is 1.94. The predicted molar refractivity (Wildman–Crippen MR) is 58.5 cm³/mol. The molecule has 1 atom stereocenters. The summed E-state index contributed by atoms with van der Waals surface area (Å²) in [6, 6.07) is 5.57. The number of hydrogen-bond donors (Lipinski definition) is 1. The monoisotopic (exact) mass is 205 g/mol. The number of nitriles is 1. The van der Waals surface area contributed by atoms with Crippen molar-refractivity contribution in [2.24, 2.45) is 0 Å². The summed E-state index contributed by atoms with van der Waals surface area (Å²) >= 11 is 0. The highest BCUT2D eigenvalue weighted by Gasteiger charge is 2.04. The molecule has 1 unspecified atom stereocenters. The average molecular weight is 205 g/mol. The molecular formula is C11H15N3O. The van der Waals surface area contributed by atoms with E-state index in [1.54, 1.807) is 18.3 Å². The smallest absolute Gasteiger partial charge is 0.143 e. The molecule has 4 heteroatoms. The lowest BCUT2D eigenvalue weighted by molar-refractivity contribution is 0.0855. The van der Waals surface area contributed by atoms with Crippen LogP contribution in [0.4, 0.5) is 5.82 Å². The van der Waals surface area contributed by atoms with Crippen molar-refractivity contribution in [2.45, 2.75) is 20.0 Å². The molecule has 4 nitrogen and oxygen atoms in total. The van der Waals surface area contributed by atoms with E-state index in [0.717, 1.165) is 0 Å². The maximum atomic E-state index is 8.83. The van der Waals surface area contributed by atoms with Crippen LogP contribution in [-0.4, -0.2) is 24.2 Å². The van der Waals surface area contributed by atoms with Crippen molar-refractivity contribution in [1.29, 1.82) is 5.26 Å². The van der Waals surface area contributed by atoms with E-state index in [4.69, 9.17) is 10.00 Å². The second kappa shape index (κ2) is 5.99. The Kier molecular flexibility index (Phi) is 4.58. The molecule has 1 rings (SSSR count). The minimum atomic E-state index is 0.114. The summed E-state index contributed by atoms with van der Waals surface area (Å²) in [7, 11) is 0. The Morgan fingerprint density at radius 2 is 2.47 bits per heavy atom. The highest BCUT2D eigenvalue weighted by molar-refractivity contribution is 5.51. The zero-order valence-electron chi connectivity index (χ0n) is 9.03. The number of pyridine rings is 1. The zero-order chi connectivity index (χ0) is 11.1. The van der Waals surface area contributed by atoms with Crippen molar-refractivity contribution in [3.63, 3.8) is 0 Å². The van der Waals surface area contributed by atoms with Crippen LogP contribution >= 0.6 is 0 Å². The van der Waals surface area contributed by atoms with E-state index < -0.39 is 0 Å². The number of anilines is 1. The second-order valence-corrected chi connectivity index (χ2v) is 3.16. The molecule has 1 aromatic rings. The number of aromatic nitrogens is 1. The van der Waals surface area contributed by atoms with Gasteiger partial charge in [0.25, 0.3) is 0 Å². The van der Waals surface area contributed by atoms with Gasteiger partial charge in [-0.15, -0.1) is 0 Å². The van der Waals surface area contributed by atoms with Gasteiger partial charge < -0.3 is 10.1 Å². The van der Waals surface area contributed by atoms with Gasteiger partial charge in [0, 0.05) is 19.3 Å². The van der Waals surface area contributed by atoms with Crippen molar-refractivity contribution >= 4 is 5.82 Å². The van der Waals surface area contributed by atoms with Crippen LogP contribution in [0.15, 0.2) is 18.3 Å². The van der Waals surface area contributed by atoms with Crippen molar-refractivity contribution in [3.05, 3.63) is 23.9 Å². The quantitative estimate of drug-likeness (QED) is 0.796. The maximum Gasteiger partial charge on any atom is 0.143 e. The summed E-state index contributed by atoms with van der Waals surface area (Å²) in [6.45, 7) is 5.28. The molecule has 0 amide bonds. The molecule has 0 aliphatic rings. The first-order valence-electron chi connectivity index (χ1n) is 4.98. The van der Waals surface area contributed by atoms with Gasteiger partial charge in [-0.3, -0.25) is 0 Å². The molecule has 0 saturated carbocycles. The van der Waals surface area contributed by atoms with Crippen LogP contribution in [-0.2, 0) is 4.74 Å². The molecule has 0 spiro atoms. The van der Waals surface area contributed by atoms with Crippen LogP contribution in [0.5, 0.6) is 0 Å². The molecule has 1 aromatic heterocycles. The highest BCUT2D eigenvalue weighted by Crippen LogP contribution is 2.09. The molecular weight excluding hydrogens is 190 g/mol. The van der Waals surface area contributed by atoms with Gasteiger partial charge in [0.2, 0.25) is 0 Å². The van der Waals surface area contributed by atoms with E-state index in [0.29, 0.717) is 24.5 Å². The van der Waals surface area contributed by atoms with Crippen LogP contribution in [0.2, 0.25) is 0 Å². The summed E-state index contributed by atoms with van der Waals surface area (Å²) in [4.78, 5) is 4.09. The standard InChI is InChI=1S/C11H15N3O/c1-3-15-9(2)8-14-11-10(7-12)5-4-6-13-11/h4-6,9H,3,8H2,1-2H3,(H,13,14). The first kappa shape index (κ1) is 11.5. The third-order valence-electron chi connectivity index (χ3n) is 1.94. The van der Waals surface area contributed by atoms with Gasteiger partial charge in [0.1, 0.15) is 11.9 Å². The first-order chi connectivity index (χ1) is 7.27. The average Bonchev–Trinajstić information content (AvgIpc) is 2.27. The zero-order valence-corrected chi connectivity index (χ0v) is 9.03. The van der Waals surface area contributed by atoms with Crippen molar-refractivity contribution < 1.29 is 4.74 Å². The van der Waals surface area contributed by atoms with Gasteiger partial charge in [-0.05, 0) is 26.0 Å². The molecule has 0 aliphatic carbocycles. The minimum absolute atomic E-state index is 0.114. The summed E-state index contributed by atoms with van der Waals surface area (Å²) in [5, 5.41) is 11.9. The Morgan fingerprint density at radius 3 is 3.13 bits per heavy atom. The second-order valence-electron chi connectivity index (χ2n) is 3.16. The van der Waals surface area contributed by atoms with E-state index in [1.165, 1.54) is 0 Å². The Balaban J connectivity index is 2.54. The van der Waals surface area contributed by atoms with Gasteiger partial charge in [-0.1, -0.05) is 0 Å². The number of rotatable bonds is 5. The predicted octanol–water partition coefficient (Wildman–Crippen LogP) is 1.79. The van der Waals surface area contributed by atoms with Crippen LogP contribution < -0.4 is 5.32 Å². The van der Waals surface area contributed by atoms with Crippen LogP contribution in [0.1, 0.15) is 19.4 Å². The number of ether oxygens (including phenoxy) is 1. The number of hydrogen-bond acceptors (Lipinski definition) is 4. The van der Waals surface area contributed by atoms with Gasteiger partial charge in [-0.2, -0.15) is 5.26 Å². The van der Waals surface area contributed by atoms with E-state index in [1.807, 2.05) is 13.8 Å².